The lowest BCUT2D eigenvalue weighted by atomic mass is 9.86. The Balaban J connectivity index is 1.45. The van der Waals surface area contributed by atoms with Crippen LogP contribution in [0.1, 0.15) is 46.4 Å². The lowest BCUT2D eigenvalue weighted by Crippen LogP contribution is -2.37. The first-order valence-electron chi connectivity index (χ1n) is 11.1. The molecule has 1 amide bonds. The van der Waals surface area contributed by atoms with Crippen LogP contribution in [0.25, 0.3) is 5.57 Å². The van der Waals surface area contributed by atoms with E-state index in [0.717, 1.165) is 44.3 Å². The van der Waals surface area contributed by atoms with E-state index in [-0.39, 0.29) is 5.91 Å². The molecule has 0 unspecified atom stereocenters. The van der Waals surface area contributed by atoms with E-state index in [1.165, 1.54) is 39.1 Å². The normalized spacial score (nSPS) is 15.8. The quantitative estimate of drug-likeness (QED) is 0.624. The van der Waals surface area contributed by atoms with Crippen molar-refractivity contribution in [1.29, 1.82) is 0 Å². The highest BCUT2D eigenvalue weighted by Gasteiger charge is 2.26. The van der Waals surface area contributed by atoms with Crippen LogP contribution >= 0.6 is 0 Å². The molecule has 4 heteroatoms. The van der Waals surface area contributed by atoms with Crippen molar-refractivity contribution < 1.29 is 4.79 Å². The number of amides is 1. The summed E-state index contributed by atoms with van der Waals surface area (Å²) in [6.45, 7) is 3.72. The minimum atomic E-state index is 0.203. The van der Waals surface area contributed by atoms with Gasteiger partial charge in [-0.2, -0.15) is 0 Å². The van der Waals surface area contributed by atoms with Gasteiger partial charge < -0.3 is 4.90 Å². The van der Waals surface area contributed by atoms with E-state index in [0.29, 0.717) is 6.42 Å². The molecule has 3 heterocycles. The molecule has 2 aromatic heterocycles. The molecule has 1 aliphatic carbocycles. The van der Waals surface area contributed by atoms with E-state index in [4.69, 9.17) is 4.98 Å². The number of piperidine rings is 1. The predicted octanol–water partition coefficient (Wildman–Crippen LogP) is 4.55. The molecule has 1 saturated heterocycles. The second kappa shape index (κ2) is 8.46. The molecule has 0 atom stereocenters. The number of aryl methyl sites for hydroxylation is 3. The largest absolute Gasteiger partial charge is 0.342 e. The molecule has 1 aromatic carbocycles. The zero-order valence-corrected chi connectivity index (χ0v) is 18.0. The van der Waals surface area contributed by atoms with Crippen LogP contribution in [0.15, 0.2) is 66.6 Å². The number of carbonyl (C=O) groups is 1. The van der Waals surface area contributed by atoms with Crippen molar-refractivity contribution in [3.63, 3.8) is 0 Å². The van der Waals surface area contributed by atoms with Crippen LogP contribution in [0.4, 0.5) is 0 Å². The van der Waals surface area contributed by atoms with E-state index in [2.05, 4.69) is 36.2 Å². The third kappa shape index (κ3) is 4.02. The first kappa shape index (κ1) is 19.7. The standard InChI is InChI=1S/C27H27N3O/c1-19-4-6-23-22(17-19)5-7-25-24(3-2-12-29-25)27(23)21-10-15-30(16-11-21)26(31)18-20-8-13-28-14-9-20/h2-4,6,8-9,12-14,17H,5,7,10-11,15-16,18H2,1H3. The van der Waals surface area contributed by atoms with Gasteiger partial charge in [-0.15, -0.1) is 0 Å². The third-order valence-corrected chi connectivity index (χ3v) is 6.50. The minimum absolute atomic E-state index is 0.203. The molecule has 31 heavy (non-hydrogen) atoms. The zero-order chi connectivity index (χ0) is 21.2. The highest BCUT2D eigenvalue weighted by Crippen LogP contribution is 2.38. The summed E-state index contributed by atoms with van der Waals surface area (Å²) in [6, 6.07) is 14.9. The molecule has 1 fully saturated rings. The van der Waals surface area contributed by atoms with Crippen molar-refractivity contribution in [2.45, 2.75) is 39.0 Å². The summed E-state index contributed by atoms with van der Waals surface area (Å²) in [5, 5.41) is 0. The van der Waals surface area contributed by atoms with Gasteiger partial charge in [-0.05, 0) is 73.1 Å². The first-order chi connectivity index (χ1) is 15.2. The molecule has 0 radical (unpaired) electrons. The molecular weight excluding hydrogens is 382 g/mol. The Hall–Kier alpha value is -3.27. The van der Waals surface area contributed by atoms with Gasteiger partial charge in [-0.3, -0.25) is 14.8 Å². The fraction of sp³-hybridized carbons (Fsp3) is 0.296. The summed E-state index contributed by atoms with van der Waals surface area (Å²) < 4.78 is 0. The van der Waals surface area contributed by atoms with Gasteiger partial charge in [0, 0.05) is 42.9 Å². The summed E-state index contributed by atoms with van der Waals surface area (Å²) in [6.07, 6.45) is 9.68. The van der Waals surface area contributed by atoms with Crippen molar-refractivity contribution in [3.05, 3.63) is 100 Å². The summed E-state index contributed by atoms with van der Waals surface area (Å²) in [7, 11) is 0. The number of rotatable bonds is 2. The third-order valence-electron chi connectivity index (χ3n) is 6.50. The molecule has 2 aliphatic rings. The fourth-order valence-electron chi connectivity index (χ4n) is 4.88. The Bertz CT molecular complexity index is 1140. The molecule has 0 bridgehead atoms. The Morgan fingerprint density at radius 2 is 1.74 bits per heavy atom. The highest BCUT2D eigenvalue weighted by molar-refractivity contribution is 5.86. The molecule has 156 valence electrons. The zero-order valence-electron chi connectivity index (χ0n) is 18.0. The maximum Gasteiger partial charge on any atom is 0.227 e. The number of likely N-dealkylation sites (tertiary alicyclic amines) is 1. The Morgan fingerprint density at radius 1 is 0.935 bits per heavy atom. The van der Waals surface area contributed by atoms with Crippen molar-refractivity contribution in [1.82, 2.24) is 14.9 Å². The number of carbonyl (C=O) groups excluding carboxylic acids is 1. The van der Waals surface area contributed by atoms with Crippen LogP contribution in [0.2, 0.25) is 0 Å². The lowest BCUT2D eigenvalue weighted by Gasteiger charge is -2.30. The molecule has 0 saturated carbocycles. The number of benzene rings is 1. The lowest BCUT2D eigenvalue weighted by molar-refractivity contribution is -0.130. The van der Waals surface area contributed by atoms with Crippen molar-refractivity contribution >= 4 is 11.5 Å². The monoisotopic (exact) mass is 409 g/mol. The van der Waals surface area contributed by atoms with Gasteiger partial charge in [0.15, 0.2) is 0 Å². The summed E-state index contributed by atoms with van der Waals surface area (Å²) in [5.41, 5.74) is 10.4. The maximum absolute atomic E-state index is 12.8. The fourth-order valence-corrected chi connectivity index (χ4v) is 4.88. The van der Waals surface area contributed by atoms with Crippen LogP contribution in [-0.2, 0) is 24.1 Å². The van der Waals surface area contributed by atoms with Gasteiger partial charge in [0.2, 0.25) is 5.91 Å². The van der Waals surface area contributed by atoms with Crippen LogP contribution in [0.3, 0.4) is 0 Å². The summed E-state index contributed by atoms with van der Waals surface area (Å²) in [4.78, 5) is 23.6. The number of hydrogen-bond donors (Lipinski definition) is 0. The number of nitrogens with zero attached hydrogens (tertiary/aromatic N) is 3. The van der Waals surface area contributed by atoms with E-state index >= 15 is 0 Å². The number of hydrogen-bond acceptors (Lipinski definition) is 3. The second-order valence-corrected chi connectivity index (χ2v) is 8.55. The summed E-state index contributed by atoms with van der Waals surface area (Å²) >= 11 is 0. The van der Waals surface area contributed by atoms with Crippen molar-refractivity contribution in [2.75, 3.05) is 13.1 Å². The predicted molar refractivity (Wildman–Crippen MR) is 123 cm³/mol. The molecule has 1 aliphatic heterocycles. The van der Waals surface area contributed by atoms with Gasteiger partial charge in [0.1, 0.15) is 0 Å². The maximum atomic E-state index is 12.8. The molecule has 5 rings (SSSR count). The van der Waals surface area contributed by atoms with Gasteiger partial charge in [0.25, 0.3) is 0 Å². The number of aromatic nitrogens is 2. The van der Waals surface area contributed by atoms with Gasteiger partial charge in [-0.1, -0.05) is 35.4 Å². The molecule has 0 spiro atoms. The SMILES string of the molecule is Cc1ccc2c(c1)CCc1ncccc1C2=C1CCN(C(=O)Cc2ccncc2)CC1. The van der Waals surface area contributed by atoms with Gasteiger partial charge in [0.05, 0.1) is 6.42 Å². The van der Waals surface area contributed by atoms with E-state index < -0.39 is 0 Å². The van der Waals surface area contributed by atoms with Crippen LogP contribution in [-0.4, -0.2) is 33.9 Å². The summed E-state index contributed by atoms with van der Waals surface area (Å²) in [5.74, 6) is 0.203. The minimum Gasteiger partial charge on any atom is -0.342 e. The second-order valence-electron chi connectivity index (χ2n) is 8.55. The van der Waals surface area contributed by atoms with Crippen LogP contribution in [0.5, 0.6) is 0 Å². The van der Waals surface area contributed by atoms with E-state index in [1.54, 1.807) is 12.4 Å². The molecule has 0 N–H and O–H groups in total. The van der Waals surface area contributed by atoms with Gasteiger partial charge in [-0.25, -0.2) is 0 Å². The average Bonchev–Trinajstić information content (AvgIpc) is 2.96. The van der Waals surface area contributed by atoms with Crippen molar-refractivity contribution in [3.8, 4) is 0 Å². The molecule has 3 aromatic rings. The Morgan fingerprint density at radius 3 is 2.55 bits per heavy atom. The molecule has 4 nitrogen and oxygen atoms in total. The average molecular weight is 410 g/mol. The molecular formula is C27H27N3O. The van der Waals surface area contributed by atoms with E-state index in [9.17, 15) is 4.79 Å². The van der Waals surface area contributed by atoms with Crippen molar-refractivity contribution in [2.24, 2.45) is 0 Å². The number of pyridine rings is 2. The highest BCUT2D eigenvalue weighted by atomic mass is 16.2. The smallest absolute Gasteiger partial charge is 0.227 e. The van der Waals surface area contributed by atoms with E-state index in [1.807, 2.05) is 29.3 Å². The van der Waals surface area contributed by atoms with Crippen LogP contribution < -0.4 is 0 Å². The topological polar surface area (TPSA) is 46.1 Å². The first-order valence-corrected chi connectivity index (χ1v) is 11.1. The van der Waals surface area contributed by atoms with Crippen LogP contribution in [0, 0.1) is 6.92 Å². The van der Waals surface area contributed by atoms with Gasteiger partial charge >= 0.3 is 0 Å². The number of fused-ring (bicyclic) bond motifs is 2. The Kier molecular flexibility index (Phi) is 5.37. The Labute approximate surface area is 183 Å².